The number of nitrogens with zero attached hydrogens (tertiary/aromatic N) is 4. The number of hydrogen-bond acceptors (Lipinski definition) is 6. The molecule has 1 fully saturated rings. The van der Waals surface area contributed by atoms with Crippen LogP contribution in [-0.4, -0.2) is 47.2 Å². The Morgan fingerprint density at radius 1 is 1.33 bits per heavy atom. The average Bonchev–Trinajstić information content (AvgIpc) is 3.33. The van der Waals surface area contributed by atoms with Gasteiger partial charge in [0.15, 0.2) is 0 Å². The molecule has 0 bridgehead atoms. The van der Waals surface area contributed by atoms with E-state index in [1.807, 2.05) is 35.0 Å². The molecule has 2 aromatic heterocycles. The molecule has 3 aromatic rings. The van der Waals surface area contributed by atoms with Crippen LogP contribution in [0.4, 0.5) is 5.13 Å². The summed E-state index contributed by atoms with van der Waals surface area (Å²) in [5, 5.41) is 8.77. The Hall–Kier alpha value is -2.61. The number of amides is 1. The zero-order valence-electron chi connectivity index (χ0n) is 17.8. The van der Waals surface area contributed by atoms with Crippen molar-refractivity contribution in [3.05, 3.63) is 30.5 Å². The van der Waals surface area contributed by atoms with Crippen molar-refractivity contribution in [2.24, 2.45) is 11.8 Å². The summed E-state index contributed by atoms with van der Waals surface area (Å²) in [7, 11) is 1.66. The molecule has 160 valence electrons. The molecular formula is C22H29N5O2S. The second-order valence-electron chi connectivity index (χ2n) is 8.23. The van der Waals surface area contributed by atoms with Gasteiger partial charge in [-0.15, -0.1) is 5.10 Å². The number of ether oxygens (including phenoxy) is 1. The van der Waals surface area contributed by atoms with Gasteiger partial charge in [0.05, 0.1) is 24.9 Å². The van der Waals surface area contributed by atoms with Gasteiger partial charge < -0.3 is 15.0 Å². The molecule has 1 unspecified atom stereocenters. The first-order chi connectivity index (χ1) is 14.5. The van der Waals surface area contributed by atoms with E-state index in [2.05, 4.69) is 24.1 Å². The molecule has 1 aromatic carbocycles. The summed E-state index contributed by atoms with van der Waals surface area (Å²) in [6.45, 7) is 6.75. The van der Waals surface area contributed by atoms with Crippen LogP contribution in [0.15, 0.2) is 30.5 Å². The van der Waals surface area contributed by atoms with E-state index < -0.39 is 0 Å². The highest BCUT2D eigenvalue weighted by atomic mass is 32.1. The van der Waals surface area contributed by atoms with Crippen LogP contribution >= 0.6 is 11.3 Å². The van der Waals surface area contributed by atoms with Crippen LogP contribution in [0.2, 0.25) is 0 Å². The smallest absolute Gasteiger partial charge is 0.224 e. The first kappa shape index (κ1) is 20.7. The third-order valence-corrected chi connectivity index (χ3v) is 6.49. The normalized spacial score (nSPS) is 16.9. The van der Waals surface area contributed by atoms with Gasteiger partial charge in [0.25, 0.3) is 0 Å². The Balaban J connectivity index is 1.42. The van der Waals surface area contributed by atoms with E-state index in [9.17, 15) is 4.79 Å². The highest BCUT2D eigenvalue weighted by Crippen LogP contribution is 2.30. The van der Waals surface area contributed by atoms with Crippen molar-refractivity contribution >= 4 is 27.3 Å². The standard InChI is InChI=1S/C22H29N5O2S/c1-15(2)10-11-23-20(28)17-5-4-12-26(13-17)22-25-27-14-19(24-21(27)30-22)16-6-8-18(29-3)9-7-16/h6-9,14-15,17H,4-5,10-13H2,1-3H3,(H,23,28). The van der Waals surface area contributed by atoms with Gasteiger partial charge in [0, 0.05) is 25.2 Å². The Morgan fingerprint density at radius 2 is 2.13 bits per heavy atom. The van der Waals surface area contributed by atoms with Crippen molar-refractivity contribution in [2.75, 3.05) is 31.6 Å². The van der Waals surface area contributed by atoms with Gasteiger partial charge >= 0.3 is 0 Å². The fraction of sp³-hybridized carbons (Fsp3) is 0.500. The van der Waals surface area contributed by atoms with Gasteiger partial charge in [-0.2, -0.15) is 0 Å². The van der Waals surface area contributed by atoms with E-state index in [1.54, 1.807) is 18.4 Å². The van der Waals surface area contributed by atoms with E-state index >= 15 is 0 Å². The van der Waals surface area contributed by atoms with E-state index in [-0.39, 0.29) is 11.8 Å². The van der Waals surface area contributed by atoms with Crippen molar-refractivity contribution in [3.8, 4) is 17.0 Å². The SMILES string of the molecule is COc1ccc(-c2cn3nc(N4CCCC(C(=O)NCCC(C)C)C4)sc3n2)cc1. The van der Waals surface area contributed by atoms with Crippen LogP contribution in [0.5, 0.6) is 5.75 Å². The molecule has 4 rings (SSSR count). The summed E-state index contributed by atoms with van der Waals surface area (Å²) < 4.78 is 7.06. The molecule has 1 aliphatic heterocycles. The summed E-state index contributed by atoms with van der Waals surface area (Å²) in [5.41, 5.74) is 1.93. The maximum Gasteiger partial charge on any atom is 0.224 e. The summed E-state index contributed by atoms with van der Waals surface area (Å²) in [6, 6.07) is 7.86. The van der Waals surface area contributed by atoms with Gasteiger partial charge in [0.1, 0.15) is 5.75 Å². The largest absolute Gasteiger partial charge is 0.497 e. The second kappa shape index (κ2) is 9.04. The number of aromatic nitrogens is 3. The van der Waals surface area contributed by atoms with Crippen molar-refractivity contribution in [3.63, 3.8) is 0 Å². The summed E-state index contributed by atoms with van der Waals surface area (Å²) in [4.78, 5) is 20.4. The summed E-state index contributed by atoms with van der Waals surface area (Å²) >= 11 is 1.57. The first-order valence-electron chi connectivity index (χ1n) is 10.6. The van der Waals surface area contributed by atoms with Gasteiger partial charge in [-0.1, -0.05) is 25.2 Å². The van der Waals surface area contributed by atoms with E-state index in [4.69, 9.17) is 14.8 Å². The molecule has 1 saturated heterocycles. The fourth-order valence-corrected chi connectivity index (χ4v) is 4.63. The minimum absolute atomic E-state index is 0.0250. The predicted molar refractivity (Wildman–Crippen MR) is 120 cm³/mol. The topological polar surface area (TPSA) is 71.8 Å². The zero-order valence-corrected chi connectivity index (χ0v) is 18.6. The highest BCUT2D eigenvalue weighted by Gasteiger charge is 2.27. The molecule has 1 atom stereocenters. The Morgan fingerprint density at radius 3 is 2.83 bits per heavy atom. The molecule has 3 heterocycles. The Labute approximate surface area is 181 Å². The van der Waals surface area contributed by atoms with Gasteiger partial charge in [-0.25, -0.2) is 9.50 Å². The Kier molecular flexibility index (Phi) is 6.22. The molecule has 1 aliphatic rings. The van der Waals surface area contributed by atoms with E-state index in [0.29, 0.717) is 5.92 Å². The number of hydrogen-bond donors (Lipinski definition) is 1. The third kappa shape index (κ3) is 4.59. The summed E-state index contributed by atoms with van der Waals surface area (Å²) in [6.07, 6.45) is 4.91. The molecular weight excluding hydrogens is 398 g/mol. The number of anilines is 1. The van der Waals surface area contributed by atoms with Crippen molar-refractivity contribution in [1.82, 2.24) is 19.9 Å². The number of methoxy groups -OCH3 is 1. The van der Waals surface area contributed by atoms with Crippen molar-refractivity contribution < 1.29 is 9.53 Å². The minimum atomic E-state index is 0.0250. The number of carbonyl (C=O) groups is 1. The van der Waals surface area contributed by atoms with Crippen LogP contribution < -0.4 is 15.0 Å². The number of rotatable bonds is 7. The van der Waals surface area contributed by atoms with Crippen LogP contribution in [0.3, 0.4) is 0 Å². The van der Waals surface area contributed by atoms with Crippen LogP contribution in [0.25, 0.3) is 16.2 Å². The predicted octanol–water partition coefficient (Wildman–Crippen LogP) is 3.85. The number of nitrogens with one attached hydrogen (secondary N) is 1. The third-order valence-electron chi connectivity index (χ3n) is 5.50. The molecule has 0 saturated carbocycles. The van der Waals surface area contributed by atoms with Gasteiger partial charge in [-0.3, -0.25) is 4.79 Å². The number of carbonyl (C=O) groups excluding carboxylic acids is 1. The molecule has 0 aliphatic carbocycles. The average molecular weight is 428 g/mol. The van der Waals surface area contributed by atoms with Gasteiger partial charge in [-0.05, 0) is 49.4 Å². The van der Waals surface area contributed by atoms with Crippen LogP contribution in [-0.2, 0) is 4.79 Å². The lowest BCUT2D eigenvalue weighted by Gasteiger charge is -2.31. The molecule has 1 N–H and O–H groups in total. The number of benzene rings is 1. The second-order valence-corrected chi connectivity index (χ2v) is 9.16. The minimum Gasteiger partial charge on any atom is -0.497 e. The van der Waals surface area contributed by atoms with E-state index in [0.717, 1.165) is 66.0 Å². The molecule has 8 heteroatoms. The molecule has 1 amide bonds. The van der Waals surface area contributed by atoms with Gasteiger partial charge in [0.2, 0.25) is 16.0 Å². The zero-order chi connectivity index (χ0) is 21.1. The number of piperidine rings is 1. The van der Waals surface area contributed by atoms with Crippen molar-refractivity contribution in [1.29, 1.82) is 0 Å². The number of fused-ring (bicyclic) bond motifs is 1. The maximum atomic E-state index is 12.5. The molecule has 0 spiro atoms. The molecule has 7 nitrogen and oxygen atoms in total. The van der Waals surface area contributed by atoms with E-state index in [1.165, 1.54) is 0 Å². The molecule has 30 heavy (non-hydrogen) atoms. The monoisotopic (exact) mass is 427 g/mol. The van der Waals surface area contributed by atoms with Crippen LogP contribution in [0, 0.1) is 11.8 Å². The first-order valence-corrected chi connectivity index (χ1v) is 11.4. The quantitative estimate of drug-likeness (QED) is 0.620. The lowest BCUT2D eigenvalue weighted by Crippen LogP contribution is -2.43. The molecule has 0 radical (unpaired) electrons. The summed E-state index contributed by atoms with van der Waals surface area (Å²) in [5.74, 6) is 1.62. The lowest BCUT2D eigenvalue weighted by molar-refractivity contribution is -0.125. The maximum absolute atomic E-state index is 12.5. The van der Waals surface area contributed by atoms with Crippen LogP contribution in [0.1, 0.15) is 33.1 Å². The highest BCUT2D eigenvalue weighted by molar-refractivity contribution is 7.20. The lowest BCUT2D eigenvalue weighted by atomic mass is 9.97. The fourth-order valence-electron chi connectivity index (χ4n) is 3.71. The Bertz CT molecular complexity index is 963. The number of imidazole rings is 1. The van der Waals surface area contributed by atoms with Crippen molar-refractivity contribution in [2.45, 2.75) is 33.1 Å².